The molecular weight excluding hydrogens is 158 g/mol. The van der Waals surface area contributed by atoms with Crippen LogP contribution in [0.4, 0.5) is 0 Å². The van der Waals surface area contributed by atoms with Crippen molar-refractivity contribution in [2.45, 2.75) is 44.9 Å². The van der Waals surface area contributed by atoms with Gasteiger partial charge in [-0.1, -0.05) is 20.8 Å². The van der Waals surface area contributed by atoms with Gasteiger partial charge in [-0.05, 0) is 36.5 Å². The van der Waals surface area contributed by atoms with Crippen molar-refractivity contribution in [1.29, 1.82) is 0 Å². The first kappa shape index (κ1) is 8.74. The van der Waals surface area contributed by atoms with E-state index < -0.39 is 0 Å². The van der Waals surface area contributed by atoms with E-state index in [9.17, 15) is 0 Å². The van der Waals surface area contributed by atoms with E-state index in [1.165, 1.54) is 18.4 Å². The summed E-state index contributed by atoms with van der Waals surface area (Å²) in [5.74, 6) is 0.806. The fourth-order valence-corrected chi connectivity index (χ4v) is 1.44. The Morgan fingerprint density at radius 3 is 2.62 bits per heavy atom. The largest absolute Gasteiger partial charge is 0.251 e. The molecule has 13 heavy (non-hydrogen) atoms. The van der Waals surface area contributed by atoms with Crippen molar-refractivity contribution in [1.82, 2.24) is 4.98 Å². The van der Waals surface area contributed by atoms with Gasteiger partial charge in [0.1, 0.15) is 0 Å². The molecule has 0 aromatic carbocycles. The topological polar surface area (TPSA) is 12.9 Å². The van der Waals surface area contributed by atoms with Crippen LogP contribution in [0.1, 0.15) is 50.8 Å². The van der Waals surface area contributed by atoms with Gasteiger partial charge in [0.25, 0.3) is 0 Å². The van der Waals surface area contributed by atoms with Gasteiger partial charge < -0.3 is 0 Å². The van der Waals surface area contributed by atoms with Crippen molar-refractivity contribution in [3.63, 3.8) is 0 Å². The van der Waals surface area contributed by atoms with Gasteiger partial charge in [0.2, 0.25) is 0 Å². The van der Waals surface area contributed by atoms with Crippen molar-refractivity contribution in [2.75, 3.05) is 0 Å². The van der Waals surface area contributed by atoms with Crippen LogP contribution < -0.4 is 0 Å². The second-order valence-electron chi connectivity index (χ2n) is 4.94. The molecule has 0 spiro atoms. The molecule has 0 N–H and O–H groups in total. The molecule has 1 heterocycles. The van der Waals surface area contributed by atoms with E-state index in [1.54, 1.807) is 0 Å². The number of hydrogen-bond donors (Lipinski definition) is 0. The summed E-state index contributed by atoms with van der Waals surface area (Å²) in [6.07, 6.45) is 5.70. The SMILES string of the molecule is CC(C)(C)c1cc(C2CC2)c[c]n1. The smallest absolute Gasteiger partial charge is 0.0892 e. The first-order valence-electron chi connectivity index (χ1n) is 4.96. The van der Waals surface area contributed by atoms with Gasteiger partial charge in [0.05, 0.1) is 6.20 Å². The average molecular weight is 174 g/mol. The molecule has 1 aromatic heterocycles. The highest BCUT2D eigenvalue weighted by molar-refractivity contribution is 5.26. The third-order valence-electron chi connectivity index (χ3n) is 2.54. The molecule has 1 saturated carbocycles. The van der Waals surface area contributed by atoms with Gasteiger partial charge in [-0.2, -0.15) is 0 Å². The molecule has 1 aliphatic carbocycles. The summed E-state index contributed by atoms with van der Waals surface area (Å²) in [5.41, 5.74) is 2.75. The van der Waals surface area contributed by atoms with Crippen LogP contribution in [0.15, 0.2) is 12.1 Å². The molecular formula is C12H16N. The van der Waals surface area contributed by atoms with E-state index in [2.05, 4.69) is 38.0 Å². The van der Waals surface area contributed by atoms with E-state index in [0.29, 0.717) is 0 Å². The summed E-state index contributed by atoms with van der Waals surface area (Å²) < 4.78 is 0. The van der Waals surface area contributed by atoms with Crippen LogP contribution in [0.25, 0.3) is 0 Å². The van der Waals surface area contributed by atoms with Gasteiger partial charge >= 0.3 is 0 Å². The number of nitrogens with zero attached hydrogens (tertiary/aromatic N) is 1. The lowest BCUT2D eigenvalue weighted by atomic mass is 9.90. The first-order valence-corrected chi connectivity index (χ1v) is 4.96. The van der Waals surface area contributed by atoms with Crippen LogP contribution >= 0.6 is 0 Å². The molecule has 2 rings (SSSR count). The van der Waals surface area contributed by atoms with E-state index in [1.807, 2.05) is 6.07 Å². The zero-order valence-corrected chi connectivity index (χ0v) is 8.59. The molecule has 1 heteroatoms. The maximum Gasteiger partial charge on any atom is 0.0892 e. The van der Waals surface area contributed by atoms with Crippen molar-refractivity contribution in [2.24, 2.45) is 0 Å². The first-order chi connectivity index (χ1) is 6.07. The summed E-state index contributed by atoms with van der Waals surface area (Å²) in [6, 6.07) is 4.28. The zero-order valence-electron chi connectivity index (χ0n) is 8.59. The van der Waals surface area contributed by atoms with E-state index in [4.69, 9.17) is 0 Å². The molecule has 1 aromatic rings. The lowest BCUT2D eigenvalue weighted by Gasteiger charge is -2.17. The van der Waals surface area contributed by atoms with Crippen LogP contribution in [0, 0.1) is 6.20 Å². The standard InChI is InChI=1S/C12H16N/c1-12(2,3)11-8-10(6-7-13-11)9-4-5-9/h6,8-9H,4-5H2,1-3H3. The highest BCUT2D eigenvalue weighted by Gasteiger charge is 2.25. The van der Waals surface area contributed by atoms with Crippen LogP contribution in [-0.4, -0.2) is 4.98 Å². The van der Waals surface area contributed by atoms with Crippen LogP contribution in [0.3, 0.4) is 0 Å². The minimum atomic E-state index is 0.154. The Bertz CT molecular complexity index is 305. The number of pyridine rings is 1. The molecule has 69 valence electrons. The minimum absolute atomic E-state index is 0.154. The number of rotatable bonds is 1. The van der Waals surface area contributed by atoms with Gasteiger partial charge in [0.15, 0.2) is 0 Å². The third kappa shape index (κ3) is 1.90. The second kappa shape index (κ2) is 2.83. The minimum Gasteiger partial charge on any atom is -0.251 e. The maximum atomic E-state index is 4.30. The van der Waals surface area contributed by atoms with Gasteiger partial charge in [0, 0.05) is 11.1 Å². The molecule has 0 atom stereocenters. The Labute approximate surface area is 80.2 Å². The summed E-state index contributed by atoms with van der Waals surface area (Å²) in [5, 5.41) is 0. The summed E-state index contributed by atoms with van der Waals surface area (Å²) in [7, 11) is 0. The van der Waals surface area contributed by atoms with Gasteiger partial charge in [-0.3, -0.25) is 4.98 Å². The van der Waals surface area contributed by atoms with E-state index in [-0.39, 0.29) is 5.41 Å². The molecule has 0 unspecified atom stereocenters. The van der Waals surface area contributed by atoms with Crippen LogP contribution in [0.2, 0.25) is 0 Å². The number of hydrogen-bond acceptors (Lipinski definition) is 1. The summed E-state index contributed by atoms with van der Waals surface area (Å²) >= 11 is 0. The molecule has 0 aliphatic heterocycles. The molecule has 0 saturated heterocycles. The number of aromatic nitrogens is 1. The normalized spacial score (nSPS) is 17.5. The Morgan fingerprint density at radius 1 is 1.38 bits per heavy atom. The lowest BCUT2D eigenvalue weighted by Crippen LogP contribution is -2.13. The average Bonchev–Trinajstić information content (AvgIpc) is 2.85. The van der Waals surface area contributed by atoms with Crippen LogP contribution in [-0.2, 0) is 5.41 Å². The predicted molar refractivity (Wildman–Crippen MR) is 53.7 cm³/mol. The van der Waals surface area contributed by atoms with E-state index in [0.717, 1.165) is 11.6 Å². The highest BCUT2D eigenvalue weighted by Crippen LogP contribution is 2.40. The predicted octanol–water partition coefficient (Wildman–Crippen LogP) is 3.06. The second-order valence-corrected chi connectivity index (χ2v) is 4.94. The zero-order chi connectivity index (χ0) is 9.47. The van der Waals surface area contributed by atoms with Gasteiger partial charge in [-0.25, -0.2) is 0 Å². The monoisotopic (exact) mass is 174 g/mol. The quantitative estimate of drug-likeness (QED) is 0.637. The van der Waals surface area contributed by atoms with Gasteiger partial charge in [-0.15, -0.1) is 0 Å². The molecule has 1 nitrogen and oxygen atoms in total. The highest BCUT2D eigenvalue weighted by atomic mass is 14.7. The Morgan fingerprint density at radius 2 is 2.08 bits per heavy atom. The fourth-order valence-electron chi connectivity index (χ4n) is 1.44. The molecule has 0 amide bonds. The molecule has 1 aliphatic rings. The fraction of sp³-hybridized carbons (Fsp3) is 0.583. The Hall–Kier alpha value is -0.850. The molecule has 1 fully saturated rings. The van der Waals surface area contributed by atoms with Crippen LogP contribution in [0.5, 0.6) is 0 Å². The van der Waals surface area contributed by atoms with Crippen molar-refractivity contribution in [3.05, 3.63) is 29.6 Å². The van der Waals surface area contributed by atoms with E-state index >= 15 is 0 Å². The van der Waals surface area contributed by atoms with Crippen molar-refractivity contribution >= 4 is 0 Å². The summed E-state index contributed by atoms with van der Waals surface area (Å²) in [6.45, 7) is 6.58. The lowest BCUT2D eigenvalue weighted by molar-refractivity contribution is 0.567. The van der Waals surface area contributed by atoms with Crippen molar-refractivity contribution < 1.29 is 0 Å². The molecule has 1 radical (unpaired) electrons. The van der Waals surface area contributed by atoms with Crippen molar-refractivity contribution in [3.8, 4) is 0 Å². The molecule has 0 bridgehead atoms. The Kier molecular flexibility index (Phi) is 1.90. The Balaban J connectivity index is 2.32. The summed E-state index contributed by atoms with van der Waals surface area (Å²) in [4.78, 5) is 4.30. The maximum absolute atomic E-state index is 4.30. The third-order valence-corrected chi connectivity index (χ3v) is 2.54.